The Balaban J connectivity index is 1.56. The number of carbonyl (C=O) groups excluding carboxylic acids is 2. The first-order chi connectivity index (χ1) is 18.0. The van der Waals surface area contributed by atoms with Gasteiger partial charge >= 0.3 is 0 Å². The van der Waals surface area contributed by atoms with Crippen LogP contribution in [-0.2, 0) is 22.7 Å². The predicted octanol–water partition coefficient (Wildman–Crippen LogP) is 4.13. The van der Waals surface area contributed by atoms with Crippen LogP contribution in [-0.4, -0.2) is 31.8 Å². The Morgan fingerprint density at radius 2 is 1.81 bits per heavy atom. The van der Waals surface area contributed by atoms with Gasteiger partial charge in [-0.1, -0.05) is 23.4 Å². The predicted molar refractivity (Wildman–Crippen MR) is 138 cm³/mol. The lowest BCUT2D eigenvalue weighted by Gasteiger charge is -2.32. The highest BCUT2D eigenvalue weighted by molar-refractivity contribution is 6.01. The third kappa shape index (κ3) is 5.11. The standard InChI is InChI=1S/C28H26N6O3/c1-19-9-10-22(16-20(19)2)34(26(35)18-33-25-8-4-3-7-24(25)31-32-33)27(21-11-13-29-14-12-21)28(36)30-17-23-6-5-15-37-23/h3-16,27H,17-18H2,1-2H3,(H,30,36)/t27-/m0/s1. The second-order valence-corrected chi connectivity index (χ2v) is 8.75. The Kier molecular flexibility index (Phi) is 6.76. The highest BCUT2D eigenvalue weighted by atomic mass is 16.3. The van der Waals surface area contributed by atoms with E-state index >= 15 is 0 Å². The molecule has 0 radical (unpaired) electrons. The molecule has 0 aliphatic carbocycles. The molecule has 5 rings (SSSR count). The number of amides is 2. The summed E-state index contributed by atoms with van der Waals surface area (Å²) in [5, 5.41) is 11.3. The third-order valence-electron chi connectivity index (χ3n) is 6.29. The van der Waals surface area contributed by atoms with Crippen molar-refractivity contribution in [3.05, 3.63) is 108 Å². The molecule has 37 heavy (non-hydrogen) atoms. The first kappa shape index (κ1) is 23.9. The van der Waals surface area contributed by atoms with Crippen LogP contribution in [0.3, 0.4) is 0 Å². The number of nitrogens with zero attached hydrogens (tertiary/aromatic N) is 5. The number of aromatic nitrogens is 4. The van der Waals surface area contributed by atoms with Crippen LogP contribution < -0.4 is 10.2 Å². The summed E-state index contributed by atoms with van der Waals surface area (Å²) >= 11 is 0. The molecule has 9 heteroatoms. The molecule has 0 saturated carbocycles. The topological polar surface area (TPSA) is 106 Å². The van der Waals surface area contributed by atoms with Crippen molar-refractivity contribution in [1.82, 2.24) is 25.3 Å². The molecule has 9 nitrogen and oxygen atoms in total. The smallest absolute Gasteiger partial charge is 0.249 e. The Bertz CT molecular complexity index is 1530. The average molecular weight is 495 g/mol. The zero-order chi connectivity index (χ0) is 25.8. The summed E-state index contributed by atoms with van der Waals surface area (Å²) in [7, 11) is 0. The molecule has 0 unspecified atom stereocenters. The highest BCUT2D eigenvalue weighted by Gasteiger charge is 2.33. The summed E-state index contributed by atoms with van der Waals surface area (Å²) in [6, 6.07) is 19.2. The lowest BCUT2D eigenvalue weighted by atomic mass is 10.0. The maximum Gasteiger partial charge on any atom is 0.249 e. The van der Waals surface area contributed by atoms with Crippen LogP contribution in [0.25, 0.3) is 11.0 Å². The molecule has 0 bridgehead atoms. The number of fused-ring (bicyclic) bond motifs is 1. The summed E-state index contributed by atoms with van der Waals surface area (Å²) in [4.78, 5) is 33.4. The van der Waals surface area contributed by atoms with Crippen LogP contribution in [0.15, 0.2) is 89.8 Å². The maximum absolute atomic E-state index is 14.0. The van der Waals surface area contributed by atoms with Crippen molar-refractivity contribution in [3.8, 4) is 0 Å². The number of carbonyl (C=O) groups is 2. The lowest BCUT2D eigenvalue weighted by Crippen LogP contribution is -2.45. The van der Waals surface area contributed by atoms with E-state index in [1.165, 1.54) is 4.90 Å². The molecule has 0 spiro atoms. The molecular weight excluding hydrogens is 468 g/mol. The molecule has 186 valence electrons. The minimum atomic E-state index is -0.956. The fraction of sp³-hybridized carbons (Fsp3) is 0.179. The van der Waals surface area contributed by atoms with Gasteiger partial charge in [-0.25, -0.2) is 4.68 Å². The van der Waals surface area contributed by atoms with Gasteiger partial charge < -0.3 is 9.73 Å². The van der Waals surface area contributed by atoms with Crippen LogP contribution >= 0.6 is 0 Å². The van der Waals surface area contributed by atoms with Crippen LogP contribution in [0.4, 0.5) is 5.69 Å². The number of anilines is 1. The normalized spacial score (nSPS) is 11.8. The van der Waals surface area contributed by atoms with Crippen molar-refractivity contribution >= 4 is 28.5 Å². The lowest BCUT2D eigenvalue weighted by molar-refractivity contribution is -0.127. The largest absolute Gasteiger partial charge is 0.467 e. The Morgan fingerprint density at radius 1 is 1.00 bits per heavy atom. The third-order valence-corrected chi connectivity index (χ3v) is 6.29. The van der Waals surface area contributed by atoms with Gasteiger partial charge in [0.15, 0.2) is 0 Å². The highest BCUT2D eigenvalue weighted by Crippen LogP contribution is 2.30. The molecular formula is C28H26N6O3. The van der Waals surface area contributed by atoms with Crippen molar-refractivity contribution in [2.45, 2.75) is 33.0 Å². The summed E-state index contributed by atoms with van der Waals surface area (Å²) in [6.45, 7) is 4.07. The van der Waals surface area contributed by atoms with E-state index in [2.05, 4.69) is 20.6 Å². The summed E-state index contributed by atoms with van der Waals surface area (Å²) in [5.41, 5.74) is 4.75. The molecule has 3 heterocycles. The molecule has 0 saturated heterocycles. The van der Waals surface area contributed by atoms with Gasteiger partial charge in [-0.05, 0) is 79.1 Å². The number of hydrogen-bond acceptors (Lipinski definition) is 6. The number of para-hydroxylation sites is 1. The fourth-order valence-corrected chi connectivity index (χ4v) is 4.20. The summed E-state index contributed by atoms with van der Waals surface area (Å²) in [5.74, 6) is -0.0496. The molecule has 3 aromatic heterocycles. The van der Waals surface area contributed by atoms with Gasteiger partial charge in [0.05, 0.1) is 18.3 Å². The van der Waals surface area contributed by atoms with E-state index in [1.807, 2.05) is 56.3 Å². The van der Waals surface area contributed by atoms with Crippen molar-refractivity contribution in [2.75, 3.05) is 4.90 Å². The zero-order valence-corrected chi connectivity index (χ0v) is 20.5. The van der Waals surface area contributed by atoms with Crippen LogP contribution in [0.1, 0.15) is 28.5 Å². The van der Waals surface area contributed by atoms with Crippen molar-refractivity contribution < 1.29 is 14.0 Å². The number of furan rings is 1. The second kappa shape index (κ2) is 10.4. The second-order valence-electron chi connectivity index (χ2n) is 8.75. The van der Waals surface area contributed by atoms with Gasteiger partial charge in [0, 0.05) is 18.1 Å². The molecule has 0 fully saturated rings. The number of benzene rings is 2. The zero-order valence-electron chi connectivity index (χ0n) is 20.5. The fourth-order valence-electron chi connectivity index (χ4n) is 4.20. The first-order valence-corrected chi connectivity index (χ1v) is 11.9. The minimum Gasteiger partial charge on any atom is -0.467 e. The molecule has 0 aliphatic rings. The Labute approximate surface area is 213 Å². The Morgan fingerprint density at radius 3 is 2.57 bits per heavy atom. The summed E-state index contributed by atoms with van der Waals surface area (Å²) in [6.07, 6.45) is 4.77. The van der Waals surface area contributed by atoms with E-state index in [9.17, 15) is 9.59 Å². The quantitative estimate of drug-likeness (QED) is 0.348. The van der Waals surface area contributed by atoms with Crippen LogP contribution in [0.2, 0.25) is 0 Å². The van der Waals surface area contributed by atoms with E-state index in [4.69, 9.17) is 4.42 Å². The van der Waals surface area contributed by atoms with Crippen molar-refractivity contribution in [3.63, 3.8) is 0 Å². The monoisotopic (exact) mass is 494 g/mol. The maximum atomic E-state index is 14.0. The van der Waals surface area contributed by atoms with E-state index in [-0.39, 0.29) is 24.9 Å². The molecule has 2 aromatic carbocycles. The SMILES string of the molecule is Cc1ccc(N(C(=O)Cn2nnc3ccccc32)[C@H](C(=O)NCc2ccco2)c2ccncc2)cc1C. The van der Waals surface area contributed by atoms with E-state index in [1.54, 1.807) is 47.6 Å². The van der Waals surface area contributed by atoms with Gasteiger partial charge in [-0.2, -0.15) is 0 Å². The van der Waals surface area contributed by atoms with Gasteiger partial charge in [-0.3, -0.25) is 19.5 Å². The molecule has 1 atom stereocenters. The van der Waals surface area contributed by atoms with Crippen molar-refractivity contribution in [1.29, 1.82) is 0 Å². The molecule has 2 amide bonds. The van der Waals surface area contributed by atoms with Crippen molar-refractivity contribution in [2.24, 2.45) is 0 Å². The molecule has 5 aromatic rings. The number of hydrogen-bond donors (Lipinski definition) is 1. The van der Waals surface area contributed by atoms with E-state index in [0.717, 1.165) is 16.6 Å². The van der Waals surface area contributed by atoms with Gasteiger partial charge in [0.1, 0.15) is 23.9 Å². The number of pyridine rings is 1. The Hall–Kier alpha value is -4.79. The number of rotatable bonds is 8. The molecule has 1 N–H and O–H groups in total. The first-order valence-electron chi connectivity index (χ1n) is 11.9. The van der Waals surface area contributed by atoms with Crippen LogP contribution in [0.5, 0.6) is 0 Å². The summed E-state index contributed by atoms with van der Waals surface area (Å²) < 4.78 is 6.93. The van der Waals surface area contributed by atoms with E-state index in [0.29, 0.717) is 22.5 Å². The van der Waals surface area contributed by atoms with Gasteiger partial charge in [0.2, 0.25) is 11.8 Å². The minimum absolute atomic E-state index is 0.0967. The average Bonchev–Trinajstić information content (AvgIpc) is 3.58. The van der Waals surface area contributed by atoms with E-state index < -0.39 is 6.04 Å². The van der Waals surface area contributed by atoms with Gasteiger partial charge in [0.25, 0.3) is 0 Å². The molecule has 0 aliphatic heterocycles. The van der Waals surface area contributed by atoms with Gasteiger partial charge in [-0.15, -0.1) is 5.10 Å². The van der Waals surface area contributed by atoms with Crippen LogP contribution in [0, 0.1) is 13.8 Å². The number of aryl methyl sites for hydroxylation is 2. The number of nitrogens with one attached hydrogen (secondary N) is 1.